The molecule has 0 aromatic heterocycles. The molecular formula is C13H24N2O2. The number of amides is 1. The number of carbonyl (C=O) groups is 1. The first kappa shape index (κ1) is 12.8. The Balaban J connectivity index is 1.81. The van der Waals surface area contributed by atoms with Gasteiger partial charge in [-0.2, -0.15) is 0 Å². The van der Waals surface area contributed by atoms with E-state index in [2.05, 4.69) is 10.2 Å². The van der Waals surface area contributed by atoms with E-state index < -0.39 is 0 Å². The maximum absolute atomic E-state index is 12.1. The number of rotatable bonds is 6. The Bertz CT molecular complexity index is 248. The summed E-state index contributed by atoms with van der Waals surface area (Å²) in [5.41, 5.74) is 0. The quantitative estimate of drug-likeness (QED) is 0.757. The van der Waals surface area contributed by atoms with E-state index in [0.29, 0.717) is 25.1 Å². The summed E-state index contributed by atoms with van der Waals surface area (Å²) in [6.45, 7) is 2.54. The number of nitrogens with zero attached hydrogens (tertiary/aromatic N) is 1. The number of methoxy groups -OCH3 is 1. The average molecular weight is 240 g/mol. The molecule has 1 heterocycles. The molecular weight excluding hydrogens is 216 g/mol. The lowest BCUT2D eigenvalue weighted by atomic mass is 10.0. The molecule has 17 heavy (non-hydrogen) atoms. The Hall–Kier alpha value is -0.610. The van der Waals surface area contributed by atoms with E-state index in [9.17, 15) is 4.79 Å². The Labute approximate surface area is 104 Å². The number of nitrogens with one attached hydrogen (secondary N) is 1. The second-order valence-electron chi connectivity index (χ2n) is 5.17. The van der Waals surface area contributed by atoms with E-state index in [1.807, 2.05) is 0 Å². The Morgan fingerprint density at radius 2 is 2.18 bits per heavy atom. The van der Waals surface area contributed by atoms with Crippen molar-refractivity contribution in [1.82, 2.24) is 10.2 Å². The van der Waals surface area contributed by atoms with Gasteiger partial charge in [0.05, 0.1) is 13.0 Å². The number of hydrogen-bond donors (Lipinski definition) is 1. The summed E-state index contributed by atoms with van der Waals surface area (Å²) in [5, 5.41) is 3.52. The number of carbonyl (C=O) groups excluding carboxylic acids is 1. The summed E-state index contributed by atoms with van der Waals surface area (Å²) in [6.07, 6.45) is 6.68. The van der Waals surface area contributed by atoms with E-state index in [4.69, 9.17) is 4.74 Å². The number of ether oxygens (including phenoxy) is 1. The Kier molecular flexibility index (Phi) is 4.80. The third-order valence-electron chi connectivity index (χ3n) is 3.66. The first-order chi connectivity index (χ1) is 8.31. The maximum Gasteiger partial charge on any atom is 0.225 e. The van der Waals surface area contributed by atoms with E-state index in [1.165, 1.54) is 32.1 Å². The highest BCUT2D eigenvalue weighted by molar-refractivity contribution is 5.77. The molecule has 2 fully saturated rings. The first-order valence-corrected chi connectivity index (χ1v) is 6.83. The molecule has 1 amide bonds. The first-order valence-electron chi connectivity index (χ1n) is 6.83. The average Bonchev–Trinajstić information content (AvgIpc) is 3.18. The van der Waals surface area contributed by atoms with Gasteiger partial charge >= 0.3 is 0 Å². The van der Waals surface area contributed by atoms with Crippen molar-refractivity contribution in [3.05, 3.63) is 0 Å². The summed E-state index contributed by atoms with van der Waals surface area (Å²) < 4.78 is 4.99. The molecule has 98 valence electrons. The van der Waals surface area contributed by atoms with E-state index in [0.717, 1.165) is 13.1 Å². The van der Waals surface area contributed by atoms with Crippen molar-refractivity contribution < 1.29 is 9.53 Å². The molecule has 4 nitrogen and oxygen atoms in total. The van der Waals surface area contributed by atoms with E-state index in [1.54, 1.807) is 7.11 Å². The van der Waals surface area contributed by atoms with Crippen molar-refractivity contribution >= 4 is 5.91 Å². The SMILES string of the molecule is COCCC(=O)N(CC1CCCCN1)C1CC1. The molecule has 1 saturated heterocycles. The van der Waals surface area contributed by atoms with Crippen LogP contribution in [-0.2, 0) is 9.53 Å². The smallest absolute Gasteiger partial charge is 0.225 e. The van der Waals surface area contributed by atoms with Gasteiger partial charge in [-0.15, -0.1) is 0 Å². The molecule has 0 aromatic rings. The number of piperidine rings is 1. The summed E-state index contributed by atoms with van der Waals surface area (Å²) in [6, 6.07) is 1.03. The van der Waals surface area contributed by atoms with Crippen LogP contribution in [0.15, 0.2) is 0 Å². The summed E-state index contributed by atoms with van der Waals surface area (Å²) in [4.78, 5) is 14.2. The molecule has 1 N–H and O–H groups in total. The third kappa shape index (κ3) is 3.96. The van der Waals surface area contributed by atoms with Gasteiger partial charge in [0.15, 0.2) is 0 Å². The Morgan fingerprint density at radius 3 is 2.76 bits per heavy atom. The summed E-state index contributed by atoms with van der Waals surface area (Å²) in [5.74, 6) is 0.265. The van der Waals surface area contributed by atoms with Gasteiger partial charge < -0.3 is 15.0 Å². The second kappa shape index (κ2) is 6.36. The van der Waals surface area contributed by atoms with Gasteiger partial charge in [0.25, 0.3) is 0 Å². The molecule has 1 aliphatic carbocycles. The predicted molar refractivity (Wildman–Crippen MR) is 66.9 cm³/mol. The normalized spacial score (nSPS) is 24.6. The maximum atomic E-state index is 12.1. The van der Waals surface area contributed by atoms with Gasteiger partial charge in [-0.05, 0) is 32.2 Å². The number of hydrogen-bond acceptors (Lipinski definition) is 3. The van der Waals surface area contributed by atoms with Crippen LogP contribution in [0.4, 0.5) is 0 Å². The predicted octanol–water partition coefficient (Wildman–Crippen LogP) is 1.16. The van der Waals surface area contributed by atoms with E-state index >= 15 is 0 Å². The zero-order chi connectivity index (χ0) is 12.1. The second-order valence-corrected chi connectivity index (χ2v) is 5.17. The standard InChI is InChI=1S/C13H24N2O2/c1-17-9-7-13(16)15(12-5-6-12)10-11-4-2-3-8-14-11/h11-12,14H,2-10H2,1H3. The van der Waals surface area contributed by atoms with Crippen LogP contribution in [0, 0.1) is 0 Å². The molecule has 1 aliphatic heterocycles. The van der Waals surface area contributed by atoms with Crippen LogP contribution >= 0.6 is 0 Å². The van der Waals surface area contributed by atoms with Crippen molar-refractivity contribution in [3.63, 3.8) is 0 Å². The minimum atomic E-state index is 0.265. The van der Waals surface area contributed by atoms with Gasteiger partial charge in [-0.25, -0.2) is 0 Å². The van der Waals surface area contributed by atoms with Gasteiger partial charge in [-0.1, -0.05) is 6.42 Å². The molecule has 4 heteroatoms. The molecule has 2 rings (SSSR count). The summed E-state index contributed by atoms with van der Waals surface area (Å²) >= 11 is 0. The molecule has 0 aromatic carbocycles. The molecule has 1 atom stereocenters. The lowest BCUT2D eigenvalue weighted by Crippen LogP contribution is -2.46. The highest BCUT2D eigenvalue weighted by Gasteiger charge is 2.33. The van der Waals surface area contributed by atoms with Crippen molar-refractivity contribution in [1.29, 1.82) is 0 Å². The van der Waals surface area contributed by atoms with Gasteiger partial charge in [-0.3, -0.25) is 4.79 Å². The zero-order valence-electron chi connectivity index (χ0n) is 10.8. The molecule has 0 spiro atoms. The van der Waals surface area contributed by atoms with Gasteiger partial charge in [0.2, 0.25) is 5.91 Å². The van der Waals surface area contributed by atoms with Gasteiger partial charge in [0.1, 0.15) is 0 Å². The zero-order valence-corrected chi connectivity index (χ0v) is 10.8. The minimum absolute atomic E-state index is 0.265. The fraction of sp³-hybridized carbons (Fsp3) is 0.923. The lowest BCUT2D eigenvalue weighted by Gasteiger charge is -2.30. The van der Waals surface area contributed by atoms with Crippen LogP contribution in [0.3, 0.4) is 0 Å². The third-order valence-corrected chi connectivity index (χ3v) is 3.66. The fourth-order valence-electron chi connectivity index (χ4n) is 2.49. The highest BCUT2D eigenvalue weighted by Crippen LogP contribution is 2.28. The van der Waals surface area contributed by atoms with Crippen LogP contribution in [0.2, 0.25) is 0 Å². The van der Waals surface area contributed by atoms with Crippen molar-refractivity contribution in [2.24, 2.45) is 0 Å². The fourth-order valence-corrected chi connectivity index (χ4v) is 2.49. The van der Waals surface area contributed by atoms with Crippen LogP contribution in [0.5, 0.6) is 0 Å². The Morgan fingerprint density at radius 1 is 1.35 bits per heavy atom. The van der Waals surface area contributed by atoms with Crippen molar-refractivity contribution in [3.8, 4) is 0 Å². The largest absolute Gasteiger partial charge is 0.384 e. The highest BCUT2D eigenvalue weighted by atomic mass is 16.5. The van der Waals surface area contributed by atoms with Gasteiger partial charge in [0, 0.05) is 25.7 Å². The van der Waals surface area contributed by atoms with E-state index in [-0.39, 0.29) is 5.91 Å². The van der Waals surface area contributed by atoms with Crippen molar-refractivity contribution in [2.75, 3.05) is 26.8 Å². The monoisotopic (exact) mass is 240 g/mol. The molecule has 0 radical (unpaired) electrons. The topological polar surface area (TPSA) is 41.6 Å². The van der Waals surface area contributed by atoms with Crippen LogP contribution in [0.1, 0.15) is 38.5 Å². The van der Waals surface area contributed by atoms with Crippen LogP contribution < -0.4 is 5.32 Å². The van der Waals surface area contributed by atoms with Crippen LogP contribution in [-0.4, -0.2) is 49.7 Å². The molecule has 1 saturated carbocycles. The minimum Gasteiger partial charge on any atom is -0.384 e. The summed E-state index contributed by atoms with van der Waals surface area (Å²) in [7, 11) is 1.65. The molecule has 2 aliphatic rings. The van der Waals surface area contributed by atoms with Crippen molar-refractivity contribution in [2.45, 2.75) is 50.6 Å². The molecule has 1 unspecified atom stereocenters. The van der Waals surface area contributed by atoms with Crippen LogP contribution in [0.25, 0.3) is 0 Å². The molecule has 0 bridgehead atoms. The lowest BCUT2D eigenvalue weighted by molar-refractivity contribution is -0.133.